The number of rotatable bonds is 5. The summed E-state index contributed by atoms with van der Waals surface area (Å²) in [6.45, 7) is 0. The van der Waals surface area contributed by atoms with Crippen LogP contribution in [0.5, 0.6) is 0 Å². The maximum Gasteiger partial charge on any atom is 0.220 e. The number of carbonyl (C=O) groups is 1. The zero-order chi connectivity index (χ0) is 14.4. The molecule has 3 nitrogen and oxygen atoms in total. The SMILES string of the molecule is CSC1CCCC(NC(=O)CCc2cccc(N)c2)C1. The Morgan fingerprint density at radius 1 is 1.45 bits per heavy atom. The van der Waals surface area contributed by atoms with Crippen LogP contribution in [0.2, 0.25) is 0 Å². The number of anilines is 1. The van der Waals surface area contributed by atoms with Gasteiger partial charge in [0, 0.05) is 23.4 Å². The second-order valence-electron chi connectivity index (χ2n) is 5.53. The lowest BCUT2D eigenvalue weighted by molar-refractivity contribution is -0.121. The number of aryl methyl sites for hydroxylation is 1. The van der Waals surface area contributed by atoms with Crippen LogP contribution < -0.4 is 11.1 Å². The van der Waals surface area contributed by atoms with Gasteiger partial charge in [-0.15, -0.1) is 0 Å². The van der Waals surface area contributed by atoms with Gasteiger partial charge >= 0.3 is 0 Å². The Morgan fingerprint density at radius 2 is 2.30 bits per heavy atom. The molecule has 0 bridgehead atoms. The smallest absolute Gasteiger partial charge is 0.220 e. The van der Waals surface area contributed by atoms with Crippen molar-refractivity contribution in [3.63, 3.8) is 0 Å². The Hall–Kier alpha value is -1.16. The number of nitrogens with two attached hydrogens (primary N) is 1. The molecule has 1 aromatic carbocycles. The molecule has 110 valence electrons. The fraction of sp³-hybridized carbons (Fsp3) is 0.562. The summed E-state index contributed by atoms with van der Waals surface area (Å²) in [7, 11) is 0. The van der Waals surface area contributed by atoms with Gasteiger partial charge in [0.25, 0.3) is 0 Å². The first-order chi connectivity index (χ1) is 9.67. The van der Waals surface area contributed by atoms with Gasteiger partial charge in [0.05, 0.1) is 0 Å². The molecule has 0 aliphatic heterocycles. The van der Waals surface area contributed by atoms with Gasteiger partial charge in [0.2, 0.25) is 5.91 Å². The van der Waals surface area contributed by atoms with E-state index in [9.17, 15) is 4.79 Å². The standard InChI is InChI=1S/C16H24N2OS/c1-20-15-7-3-6-14(11-15)18-16(19)9-8-12-4-2-5-13(17)10-12/h2,4-5,10,14-15H,3,6-9,11,17H2,1H3,(H,18,19). The fourth-order valence-corrected chi connectivity index (χ4v) is 3.62. The lowest BCUT2D eigenvalue weighted by atomic mass is 9.94. The molecule has 1 fully saturated rings. The van der Waals surface area contributed by atoms with E-state index in [2.05, 4.69) is 11.6 Å². The number of amides is 1. The van der Waals surface area contributed by atoms with Crippen molar-refractivity contribution in [3.05, 3.63) is 29.8 Å². The molecule has 2 rings (SSSR count). The average Bonchev–Trinajstić information content (AvgIpc) is 2.45. The zero-order valence-electron chi connectivity index (χ0n) is 12.1. The van der Waals surface area contributed by atoms with Crippen molar-refractivity contribution in [2.75, 3.05) is 12.0 Å². The molecule has 2 atom stereocenters. The average molecular weight is 292 g/mol. The van der Waals surface area contributed by atoms with Crippen molar-refractivity contribution in [1.29, 1.82) is 0 Å². The Balaban J connectivity index is 1.75. The molecule has 0 radical (unpaired) electrons. The minimum Gasteiger partial charge on any atom is -0.399 e. The molecule has 1 aliphatic rings. The predicted molar refractivity (Wildman–Crippen MR) is 86.9 cm³/mol. The Kier molecular flexibility index (Phi) is 5.77. The van der Waals surface area contributed by atoms with E-state index in [4.69, 9.17) is 5.73 Å². The summed E-state index contributed by atoms with van der Waals surface area (Å²) < 4.78 is 0. The second-order valence-corrected chi connectivity index (χ2v) is 6.67. The molecule has 0 heterocycles. The van der Waals surface area contributed by atoms with E-state index in [0.29, 0.717) is 17.7 Å². The van der Waals surface area contributed by atoms with E-state index < -0.39 is 0 Å². The molecule has 2 unspecified atom stereocenters. The molecule has 1 amide bonds. The minimum absolute atomic E-state index is 0.166. The summed E-state index contributed by atoms with van der Waals surface area (Å²) in [4.78, 5) is 12.0. The number of hydrogen-bond donors (Lipinski definition) is 2. The molecule has 0 aromatic heterocycles. The molecule has 3 N–H and O–H groups in total. The number of thioether (sulfide) groups is 1. The molecular weight excluding hydrogens is 268 g/mol. The summed E-state index contributed by atoms with van der Waals surface area (Å²) in [6.07, 6.45) is 8.23. The first-order valence-corrected chi connectivity index (χ1v) is 8.62. The van der Waals surface area contributed by atoms with Crippen molar-refractivity contribution in [2.45, 2.75) is 49.8 Å². The molecule has 4 heteroatoms. The van der Waals surface area contributed by atoms with E-state index >= 15 is 0 Å². The number of carbonyl (C=O) groups excluding carboxylic acids is 1. The van der Waals surface area contributed by atoms with E-state index in [0.717, 1.165) is 30.5 Å². The summed E-state index contributed by atoms with van der Waals surface area (Å²) in [5, 5.41) is 3.90. The molecule has 20 heavy (non-hydrogen) atoms. The summed E-state index contributed by atoms with van der Waals surface area (Å²) in [5.41, 5.74) is 7.63. The maximum atomic E-state index is 12.0. The zero-order valence-corrected chi connectivity index (χ0v) is 12.9. The monoisotopic (exact) mass is 292 g/mol. The van der Waals surface area contributed by atoms with Gasteiger partial charge in [-0.3, -0.25) is 4.79 Å². The van der Waals surface area contributed by atoms with Crippen LogP contribution in [0.4, 0.5) is 5.69 Å². The summed E-state index contributed by atoms with van der Waals surface area (Å²) in [6, 6.07) is 8.14. The van der Waals surface area contributed by atoms with Gasteiger partial charge in [-0.25, -0.2) is 0 Å². The van der Waals surface area contributed by atoms with Crippen LogP contribution in [-0.4, -0.2) is 23.5 Å². The van der Waals surface area contributed by atoms with Crippen molar-refractivity contribution >= 4 is 23.4 Å². The highest BCUT2D eigenvalue weighted by atomic mass is 32.2. The largest absolute Gasteiger partial charge is 0.399 e. The summed E-state index contributed by atoms with van der Waals surface area (Å²) >= 11 is 1.92. The highest BCUT2D eigenvalue weighted by molar-refractivity contribution is 7.99. The third kappa shape index (κ3) is 4.75. The second kappa shape index (κ2) is 7.58. The number of nitrogen functional groups attached to an aromatic ring is 1. The number of hydrogen-bond acceptors (Lipinski definition) is 3. The van der Waals surface area contributed by atoms with E-state index in [1.54, 1.807) is 0 Å². The summed E-state index contributed by atoms with van der Waals surface area (Å²) in [5.74, 6) is 0.166. The van der Waals surface area contributed by atoms with Gasteiger partial charge in [0.15, 0.2) is 0 Å². The van der Waals surface area contributed by atoms with Gasteiger partial charge in [-0.2, -0.15) is 11.8 Å². The van der Waals surface area contributed by atoms with Crippen LogP contribution in [0.3, 0.4) is 0 Å². The first kappa shape index (κ1) is 15.2. The lowest BCUT2D eigenvalue weighted by Gasteiger charge is -2.28. The van der Waals surface area contributed by atoms with Crippen molar-refractivity contribution in [2.24, 2.45) is 0 Å². The molecule has 0 spiro atoms. The van der Waals surface area contributed by atoms with E-state index in [1.807, 2.05) is 36.0 Å². The van der Waals surface area contributed by atoms with Gasteiger partial charge in [-0.05, 0) is 49.6 Å². The van der Waals surface area contributed by atoms with Gasteiger partial charge < -0.3 is 11.1 Å². The maximum absolute atomic E-state index is 12.0. The van der Waals surface area contributed by atoms with Crippen LogP contribution in [0.1, 0.15) is 37.7 Å². The number of benzene rings is 1. The van der Waals surface area contributed by atoms with Gasteiger partial charge in [0.1, 0.15) is 0 Å². The lowest BCUT2D eigenvalue weighted by Crippen LogP contribution is -2.39. The van der Waals surface area contributed by atoms with Crippen LogP contribution in [0, 0.1) is 0 Å². The fourth-order valence-electron chi connectivity index (χ4n) is 2.80. The Bertz CT molecular complexity index is 450. The van der Waals surface area contributed by atoms with Crippen LogP contribution in [-0.2, 0) is 11.2 Å². The minimum atomic E-state index is 0.166. The molecular formula is C16H24N2OS. The van der Waals surface area contributed by atoms with Crippen molar-refractivity contribution in [1.82, 2.24) is 5.32 Å². The topological polar surface area (TPSA) is 55.1 Å². The Labute approximate surface area is 125 Å². The molecule has 1 aliphatic carbocycles. The Morgan fingerprint density at radius 3 is 3.05 bits per heavy atom. The third-order valence-electron chi connectivity index (χ3n) is 3.92. The van der Waals surface area contributed by atoms with Crippen LogP contribution >= 0.6 is 11.8 Å². The quantitative estimate of drug-likeness (QED) is 0.820. The van der Waals surface area contributed by atoms with Crippen molar-refractivity contribution in [3.8, 4) is 0 Å². The highest BCUT2D eigenvalue weighted by Gasteiger charge is 2.22. The third-order valence-corrected chi connectivity index (χ3v) is 5.01. The molecule has 1 aromatic rings. The normalized spacial score (nSPS) is 22.4. The van der Waals surface area contributed by atoms with Crippen molar-refractivity contribution < 1.29 is 4.79 Å². The highest BCUT2D eigenvalue weighted by Crippen LogP contribution is 2.26. The van der Waals surface area contributed by atoms with Crippen LogP contribution in [0.25, 0.3) is 0 Å². The predicted octanol–water partition coefficient (Wildman–Crippen LogP) is 2.99. The molecule has 0 saturated heterocycles. The van der Waals surface area contributed by atoms with Crippen LogP contribution in [0.15, 0.2) is 24.3 Å². The van der Waals surface area contributed by atoms with E-state index in [-0.39, 0.29) is 5.91 Å². The molecule has 1 saturated carbocycles. The van der Waals surface area contributed by atoms with Gasteiger partial charge in [-0.1, -0.05) is 18.6 Å². The first-order valence-electron chi connectivity index (χ1n) is 7.34. The van der Waals surface area contributed by atoms with E-state index in [1.165, 1.54) is 12.8 Å². The number of nitrogens with one attached hydrogen (secondary N) is 1.